The summed E-state index contributed by atoms with van der Waals surface area (Å²) in [4.78, 5) is 12.7. The Morgan fingerprint density at radius 3 is 2.00 bits per heavy atom. The van der Waals surface area contributed by atoms with Crippen LogP contribution in [0.5, 0.6) is 0 Å². The van der Waals surface area contributed by atoms with Gasteiger partial charge in [0.05, 0.1) is 5.56 Å². The van der Waals surface area contributed by atoms with Gasteiger partial charge in [0, 0.05) is 0 Å². The van der Waals surface area contributed by atoms with Crippen molar-refractivity contribution < 1.29 is 18.0 Å². The van der Waals surface area contributed by atoms with Crippen LogP contribution >= 0.6 is 0 Å². The second-order valence-corrected chi connectivity index (χ2v) is 3.89. The summed E-state index contributed by atoms with van der Waals surface area (Å²) in [5, 5.41) is 0. The molecule has 2 N–H and O–H groups in total. The van der Waals surface area contributed by atoms with Crippen LogP contribution in [0.1, 0.15) is 17.2 Å². The maximum absolute atomic E-state index is 12.3. The number of nitrogens with two attached hydrogens (primary N) is 1. The van der Waals surface area contributed by atoms with Gasteiger partial charge in [-0.15, -0.1) is 0 Å². The van der Waals surface area contributed by atoms with Gasteiger partial charge in [0.2, 0.25) is 5.91 Å². The predicted octanol–water partition coefficient (Wildman–Crippen LogP) is 1.79. The molecule has 1 unspecified atom stereocenters. The van der Waals surface area contributed by atoms with E-state index in [0.29, 0.717) is 5.56 Å². The molecule has 1 aromatic rings. The Kier molecular flexibility index (Phi) is 3.77. The molecular formula is C11H13F3N2O. The molecule has 1 atom stereocenters. The van der Waals surface area contributed by atoms with Crippen molar-refractivity contribution in [2.45, 2.75) is 12.2 Å². The molecule has 6 heteroatoms. The van der Waals surface area contributed by atoms with Crippen LogP contribution in [0, 0.1) is 0 Å². The van der Waals surface area contributed by atoms with Crippen LogP contribution < -0.4 is 5.73 Å². The van der Waals surface area contributed by atoms with E-state index in [-0.39, 0.29) is 0 Å². The summed E-state index contributed by atoms with van der Waals surface area (Å²) in [6, 6.07) is 3.68. The van der Waals surface area contributed by atoms with E-state index in [1.54, 1.807) is 19.0 Å². The van der Waals surface area contributed by atoms with E-state index in [0.717, 1.165) is 12.1 Å². The minimum absolute atomic E-state index is 0.440. The van der Waals surface area contributed by atoms with Gasteiger partial charge in [-0.3, -0.25) is 9.69 Å². The van der Waals surface area contributed by atoms with Crippen molar-refractivity contribution >= 4 is 5.91 Å². The monoisotopic (exact) mass is 246 g/mol. The highest BCUT2D eigenvalue weighted by Crippen LogP contribution is 2.30. The van der Waals surface area contributed by atoms with E-state index < -0.39 is 23.7 Å². The lowest BCUT2D eigenvalue weighted by atomic mass is 10.0. The first-order valence-corrected chi connectivity index (χ1v) is 4.86. The first-order valence-electron chi connectivity index (χ1n) is 4.86. The highest BCUT2D eigenvalue weighted by molar-refractivity contribution is 5.81. The Labute approximate surface area is 97.0 Å². The van der Waals surface area contributed by atoms with E-state index in [4.69, 9.17) is 5.73 Å². The lowest BCUT2D eigenvalue weighted by Crippen LogP contribution is -2.32. The Morgan fingerprint density at radius 1 is 1.24 bits per heavy atom. The van der Waals surface area contributed by atoms with Crippen LogP contribution in [0.4, 0.5) is 13.2 Å². The third-order valence-electron chi connectivity index (χ3n) is 2.34. The summed E-state index contributed by atoms with van der Waals surface area (Å²) < 4.78 is 37.0. The number of likely N-dealkylation sites (N-methyl/N-ethyl adjacent to an activating group) is 1. The number of primary amides is 1. The van der Waals surface area contributed by atoms with Crippen LogP contribution in [0.15, 0.2) is 24.3 Å². The fraction of sp³-hybridized carbons (Fsp3) is 0.364. The smallest absolute Gasteiger partial charge is 0.368 e. The van der Waals surface area contributed by atoms with Gasteiger partial charge in [-0.05, 0) is 31.8 Å². The van der Waals surface area contributed by atoms with Crippen molar-refractivity contribution in [3.05, 3.63) is 35.4 Å². The van der Waals surface area contributed by atoms with E-state index in [2.05, 4.69) is 0 Å². The third-order valence-corrected chi connectivity index (χ3v) is 2.34. The lowest BCUT2D eigenvalue weighted by Gasteiger charge is -2.21. The van der Waals surface area contributed by atoms with Gasteiger partial charge >= 0.3 is 6.18 Å². The molecule has 0 aliphatic carbocycles. The van der Waals surface area contributed by atoms with E-state index >= 15 is 0 Å². The molecule has 0 fully saturated rings. The highest BCUT2D eigenvalue weighted by Gasteiger charge is 2.30. The van der Waals surface area contributed by atoms with Crippen molar-refractivity contribution in [3.63, 3.8) is 0 Å². The second-order valence-electron chi connectivity index (χ2n) is 3.89. The topological polar surface area (TPSA) is 46.3 Å². The minimum atomic E-state index is -4.38. The summed E-state index contributed by atoms with van der Waals surface area (Å²) >= 11 is 0. The van der Waals surface area contributed by atoms with Crippen molar-refractivity contribution in [2.75, 3.05) is 14.1 Å². The van der Waals surface area contributed by atoms with E-state index in [1.165, 1.54) is 12.1 Å². The molecule has 3 nitrogen and oxygen atoms in total. The molecule has 0 aromatic heterocycles. The molecule has 1 rings (SSSR count). The van der Waals surface area contributed by atoms with Crippen LogP contribution in [-0.4, -0.2) is 24.9 Å². The molecule has 0 bridgehead atoms. The normalized spacial score (nSPS) is 13.8. The quantitative estimate of drug-likeness (QED) is 0.883. The molecule has 94 valence electrons. The Hall–Kier alpha value is -1.56. The SMILES string of the molecule is CN(C)C(C(N)=O)c1ccc(C(F)(F)F)cc1. The molecule has 1 amide bonds. The second kappa shape index (κ2) is 4.75. The molecule has 1 aromatic carbocycles. The van der Waals surface area contributed by atoms with E-state index in [9.17, 15) is 18.0 Å². The summed E-state index contributed by atoms with van der Waals surface area (Å²) in [5.41, 5.74) is 4.88. The summed E-state index contributed by atoms with van der Waals surface area (Å²) in [6.07, 6.45) is -4.38. The number of nitrogens with zero attached hydrogens (tertiary/aromatic N) is 1. The molecule has 0 saturated heterocycles. The molecule has 0 radical (unpaired) electrons. The zero-order chi connectivity index (χ0) is 13.2. The molecule has 0 spiro atoms. The molecule has 0 saturated carbocycles. The van der Waals surface area contributed by atoms with Gasteiger partial charge in [-0.1, -0.05) is 12.1 Å². The first-order chi connectivity index (χ1) is 7.73. The van der Waals surface area contributed by atoms with Gasteiger partial charge < -0.3 is 5.73 Å². The van der Waals surface area contributed by atoms with Crippen molar-refractivity contribution in [2.24, 2.45) is 5.73 Å². The number of amides is 1. The van der Waals surface area contributed by atoms with Gasteiger partial charge in [-0.2, -0.15) is 13.2 Å². The number of rotatable bonds is 3. The Bertz CT molecular complexity index is 398. The molecule has 17 heavy (non-hydrogen) atoms. The van der Waals surface area contributed by atoms with Gasteiger partial charge in [-0.25, -0.2) is 0 Å². The van der Waals surface area contributed by atoms with Gasteiger partial charge in [0.15, 0.2) is 0 Å². The van der Waals surface area contributed by atoms with Crippen LogP contribution in [0.3, 0.4) is 0 Å². The van der Waals surface area contributed by atoms with Crippen molar-refractivity contribution in [1.29, 1.82) is 0 Å². The lowest BCUT2D eigenvalue weighted by molar-refractivity contribution is -0.137. The first kappa shape index (κ1) is 13.5. The van der Waals surface area contributed by atoms with Crippen LogP contribution in [-0.2, 0) is 11.0 Å². The third kappa shape index (κ3) is 3.20. The van der Waals surface area contributed by atoms with E-state index in [1.807, 2.05) is 0 Å². The van der Waals surface area contributed by atoms with Crippen LogP contribution in [0.25, 0.3) is 0 Å². The summed E-state index contributed by atoms with van der Waals surface area (Å²) in [7, 11) is 3.26. The van der Waals surface area contributed by atoms with Gasteiger partial charge in [0.1, 0.15) is 6.04 Å². The molecular weight excluding hydrogens is 233 g/mol. The fourth-order valence-electron chi connectivity index (χ4n) is 1.57. The summed E-state index contributed by atoms with van der Waals surface area (Å²) in [5.74, 6) is -0.602. The van der Waals surface area contributed by atoms with Crippen molar-refractivity contribution in [1.82, 2.24) is 4.90 Å². The van der Waals surface area contributed by atoms with Gasteiger partial charge in [0.25, 0.3) is 0 Å². The number of hydrogen-bond acceptors (Lipinski definition) is 2. The molecule has 0 heterocycles. The number of carbonyl (C=O) groups excluding carboxylic acids is 1. The summed E-state index contributed by atoms with van der Waals surface area (Å²) in [6.45, 7) is 0. The number of alkyl halides is 3. The number of benzene rings is 1. The number of halogens is 3. The average molecular weight is 246 g/mol. The molecule has 0 aliphatic heterocycles. The fourth-order valence-corrected chi connectivity index (χ4v) is 1.57. The van der Waals surface area contributed by atoms with Crippen molar-refractivity contribution in [3.8, 4) is 0 Å². The molecule has 0 aliphatic rings. The zero-order valence-corrected chi connectivity index (χ0v) is 9.45. The zero-order valence-electron chi connectivity index (χ0n) is 9.45. The maximum Gasteiger partial charge on any atom is 0.416 e. The highest BCUT2D eigenvalue weighted by atomic mass is 19.4. The number of hydrogen-bond donors (Lipinski definition) is 1. The number of carbonyl (C=O) groups is 1. The Balaban J connectivity index is 3.05. The average Bonchev–Trinajstić information content (AvgIpc) is 2.15. The standard InChI is InChI=1S/C11H13F3N2O/c1-16(2)9(10(15)17)7-3-5-8(6-4-7)11(12,13)14/h3-6,9H,1-2H3,(H2,15,17). The Morgan fingerprint density at radius 2 is 1.71 bits per heavy atom. The predicted molar refractivity (Wildman–Crippen MR) is 57.1 cm³/mol. The maximum atomic E-state index is 12.3. The minimum Gasteiger partial charge on any atom is -0.368 e. The van der Waals surface area contributed by atoms with Crippen LogP contribution in [0.2, 0.25) is 0 Å². The largest absolute Gasteiger partial charge is 0.416 e.